The van der Waals surface area contributed by atoms with E-state index >= 15 is 0 Å². The van der Waals surface area contributed by atoms with E-state index in [-0.39, 0.29) is 11.9 Å². The predicted octanol–water partition coefficient (Wildman–Crippen LogP) is 2.31. The second-order valence-electron chi connectivity index (χ2n) is 5.21. The number of hydrogen-bond donors (Lipinski definition) is 2. The van der Waals surface area contributed by atoms with E-state index in [1.165, 1.54) is 0 Å². The minimum Gasteiger partial charge on any atom is -0.496 e. The Morgan fingerprint density at radius 3 is 2.68 bits per heavy atom. The molecule has 0 fully saturated rings. The molecule has 3 N–H and O–H groups in total. The molecule has 19 heavy (non-hydrogen) atoms. The van der Waals surface area contributed by atoms with Crippen molar-refractivity contribution in [2.45, 2.75) is 45.7 Å². The number of carbonyl (C=O) groups excluding carboxylic acids is 1. The Labute approximate surface area is 115 Å². The molecule has 0 aromatic heterocycles. The number of hydrogen-bond acceptors (Lipinski definition) is 3. The minimum atomic E-state index is -0.842. The van der Waals surface area contributed by atoms with Crippen LogP contribution >= 0.6 is 0 Å². The molecule has 1 aromatic carbocycles. The SMILES string of the molecule is CCC(C)(N)C(=O)NC(C)c1cc(C)ccc1OC. The number of rotatable bonds is 5. The molecule has 4 heteroatoms. The molecule has 0 bridgehead atoms. The number of ether oxygens (including phenoxy) is 1. The summed E-state index contributed by atoms with van der Waals surface area (Å²) in [5.74, 6) is 0.625. The van der Waals surface area contributed by atoms with Crippen LogP contribution in [0.15, 0.2) is 18.2 Å². The molecule has 1 amide bonds. The van der Waals surface area contributed by atoms with Crippen LogP contribution in [0.4, 0.5) is 0 Å². The van der Waals surface area contributed by atoms with Crippen LogP contribution in [0.5, 0.6) is 5.75 Å². The average Bonchev–Trinajstić information content (AvgIpc) is 2.38. The van der Waals surface area contributed by atoms with Crippen molar-refractivity contribution in [3.8, 4) is 5.75 Å². The molecule has 1 aromatic rings. The molecule has 4 nitrogen and oxygen atoms in total. The molecule has 0 saturated carbocycles. The van der Waals surface area contributed by atoms with Crippen molar-refractivity contribution < 1.29 is 9.53 Å². The zero-order chi connectivity index (χ0) is 14.6. The fourth-order valence-electron chi connectivity index (χ4n) is 1.79. The van der Waals surface area contributed by atoms with Gasteiger partial charge in [0.1, 0.15) is 5.75 Å². The topological polar surface area (TPSA) is 64.4 Å². The fourth-order valence-corrected chi connectivity index (χ4v) is 1.79. The summed E-state index contributed by atoms with van der Waals surface area (Å²) in [4.78, 5) is 12.1. The Hall–Kier alpha value is -1.55. The Kier molecular flexibility index (Phi) is 4.95. The monoisotopic (exact) mass is 264 g/mol. The summed E-state index contributed by atoms with van der Waals surface area (Å²) in [6, 6.07) is 5.77. The number of nitrogens with two attached hydrogens (primary N) is 1. The first-order valence-electron chi connectivity index (χ1n) is 6.56. The highest BCUT2D eigenvalue weighted by Crippen LogP contribution is 2.26. The second kappa shape index (κ2) is 6.06. The molecule has 2 unspecified atom stereocenters. The third-order valence-electron chi connectivity index (χ3n) is 3.45. The molecule has 106 valence electrons. The van der Waals surface area contributed by atoms with Gasteiger partial charge in [0.2, 0.25) is 5.91 Å². The second-order valence-corrected chi connectivity index (χ2v) is 5.21. The van der Waals surface area contributed by atoms with Gasteiger partial charge in [-0.1, -0.05) is 24.6 Å². The first-order chi connectivity index (χ1) is 8.81. The third-order valence-corrected chi connectivity index (χ3v) is 3.45. The lowest BCUT2D eigenvalue weighted by Gasteiger charge is -2.25. The van der Waals surface area contributed by atoms with Gasteiger partial charge in [-0.05, 0) is 33.3 Å². The summed E-state index contributed by atoms with van der Waals surface area (Å²) in [6.45, 7) is 7.58. The molecule has 0 radical (unpaired) electrons. The Morgan fingerprint density at radius 2 is 2.16 bits per heavy atom. The van der Waals surface area contributed by atoms with Crippen molar-refractivity contribution in [2.75, 3.05) is 7.11 Å². The van der Waals surface area contributed by atoms with Crippen LogP contribution in [0, 0.1) is 6.92 Å². The van der Waals surface area contributed by atoms with E-state index in [4.69, 9.17) is 10.5 Å². The molecule has 2 atom stereocenters. The number of carbonyl (C=O) groups is 1. The van der Waals surface area contributed by atoms with Gasteiger partial charge in [0, 0.05) is 5.56 Å². The van der Waals surface area contributed by atoms with Crippen LogP contribution < -0.4 is 15.8 Å². The van der Waals surface area contributed by atoms with Gasteiger partial charge in [0.05, 0.1) is 18.7 Å². The summed E-state index contributed by atoms with van der Waals surface area (Å²) in [6.07, 6.45) is 0.594. The quantitative estimate of drug-likeness (QED) is 0.857. The van der Waals surface area contributed by atoms with Gasteiger partial charge in [0.15, 0.2) is 0 Å². The molecule has 0 saturated heterocycles. The average molecular weight is 264 g/mol. The lowest BCUT2D eigenvalue weighted by Crippen LogP contribution is -2.51. The van der Waals surface area contributed by atoms with Gasteiger partial charge in [0.25, 0.3) is 0 Å². The van der Waals surface area contributed by atoms with Crippen molar-refractivity contribution in [2.24, 2.45) is 5.73 Å². The maximum Gasteiger partial charge on any atom is 0.240 e. The number of methoxy groups -OCH3 is 1. The van der Waals surface area contributed by atoms with Crippen LogP contribution in [0.2, 0.25) is 0 Å². The number of benzene rings is 1. The summed E-state index contributed by atoms with van der Waals surface area (Å²) in [7, 11) is 1.63. The fraction of sp³-hybridized carbons (Fsp3) is 0.533. The number of nitrogens with one attached hydrogen (secondary N) is 1. The molecule has 0 heterocycles. The molecule has 0 aliphatic rings. The summed E-state index contributed by atoms with van der Waals surface area (Å²) in [5, 5.41) is 2.95. The van der Waals surface area contributed by atoms with E-state index in [0.29, 0.717) is 6.42 Å². The maximum absolute atomic E-state index is 12.1. The lowest BCUT2D eigenvalue weighted by molar-refractivity contribution is -0.126. The third kappa shape index (κ3) is 3.70. The normalized spacial score (nSPS) is 15.5. The van der Waals surface area contributed by atoms with Crippen LogP contribution in [-0.2, 0) is 4.79 Å². The molecule has 0 aliphatic heterocycles. The minimum absolute atomic E-state index is 0.142. The Bertz CT molecular complexity index is 455. The first kappa shape index (κ1) is 15.5. The van der Waals surface area contributed by atoms with E-state index in [2.05, 4.69) is 5.32 Å². The van der Waals surface area contributed by atoms with Gasteiger partial charge < -0.3 is 15.8 Å². The predicted molar refractivity (Wildman–Crippen MR) is 77.2 cm³/mol. The van der Waals surface area contributed by atoms with Gasteiger partial charge in [-0.15, -0.1) is 0 Å². The summed E-state index contributed by atoms with van der Waals surface area (Å²) in [5.41, 5.74) is 7.19. The van der Waals surface area contributed by atoms with Gasteiger partial charge >= 0.3 is 0 Å². The number of aryl methyl sites for hydroxylation is 1. The van der Waals surface area contributed by atoms with E-state index in [0.717, 1.165) is 16.9 Å². The highest BCUT2D eigenvalue weighted by molar-refractivity contribution is 5.85. The molecular weight excluding hydrogens is 240 g/mol. The largest absolute Gasteiger partial charge is 0.496 e. The van der Waals surface area contributed by atoms with Crippen LogP contribution in [0.3, 0.4) is 0 Å². The van der Waals surface area contributed by atoms with Crippen LogP contribution in [-0.4, -0.2) is 18.6 Å². The van der Waals surface area contributed by atoms with Crippen molar-refractivity contribution in [1.29, 1.82) is 0 Å². The zero-order valence-corrected chi connectivity index (χ0v) is 12.4. The highest BCUT2D eigenvalue weighted by atomic mass is 16.5. The zero-order valence-electron chi connectivity index (χ0n) is 12.4. The Balaban J connectivity index is 2.92. The molecule has 0 aliphatic carbocycles. The maximum atomic E-state index is 12.1. The van der Waals surface area contributed by atoms with E-state index in [1.807, 2.05) is 39.0 Å². The van der Waals surface area contributed by atoms with Crippen molar-refractivity contribution >= 4 is 5.91 Å². The standard InChI is InChI=1S/C15H24N2O2/c1-6-15(4,16)14(18)17-11(3)12-9-10(2)7-8-13(12)19-5/h7-9,11H,6,16H2,1-5H3,(H,17,18). The van der Waals surface area contributed by atoms with Crippen molar-refractivity contribution in [3.05, 3.63) is 29.3 Å². The highest BCUT2D eigenvalue weighted by Gasteiger charge is 2.27. The molecule has 1 rings (SSSR count). The van der Waals surface area contributed by atoms with Gasteiger partial charge in [-0.25, -0.2) is 0 Å². The van der Waals surface area contributed by atoms with E-state index in [1.54, 1.807) is 14.0 Å². The van der Waals surface area contributed by atoms with E-state index in [9.17, 15) is 4.79 Å². The van der Waals surface area contributed by atoms with Crippen LogP contribution in [0.25, 0.3) is 0 Å². The summed E-state index contributed by atoms with van der Waals surface area (Å²) < 4.78 is 5.33. The molecular formula is C15H24N2O2. The summed E-state index contributed by atoms with van der Waals surface area (Å²) >= 11 is 0. The van der Waals surface area contributed by atoms with Gasteiger partial charge in [-0.3, -0.25) is 4.79 Å². The lowest BCUT2D eigenvalue weighted by atomic mass is 9.97. The smallest absolute Gasteiger partial charge is 0.240 e. The van der Waals surface area contributed by atoms with Crippen LogP contribution in [0.1, 0.15) is 44.4 Å². The Morgan fingerprint density at radius 1 is 1.53 bits per heavy atom. The number of amides is 1. The first-order valence-corrected chi connectivity index (χ1v) is 6.56. The molecule has 0 spiro atoms. The van der Waals surface area contributed by atoms with Crippen molar-refractivity contribution in [1.82, 2.24) is 5.32 Å². The van der Waals surface area contributed by atoms with Gasteiger partial charge in [-0.2, -0.15) is 0 Å². The van der Waals surface area contributed by atoms with E-state index < -0.39 is 5.54 Å². The van der Waals surface area contributed by atoms with Crippen molar-refractivity contribution in [3.63, 3.8) is 0 Å².